The van der Waals surface area contributed by atoms with Gasteiger partial charge in [-0.1, -0.05) is 18.2 Å². The molecular weight excluding hydrogens is 364 g/mol. The molecule has 1 unspecified atom stereocenters. The van der Waals surface area contributed by atoms with Crippen LogP contribution in [-0.2, 0) is 0 Å². The van der Waals surface area contributed by atoms with Gasteiger partial charge in [0.2, 0.25) is 0 Å². The fraction of sp³-hybridized carbons (Fsp3) is 0.294. The maximum Gasteiger partial charge on any atom is 0.123 e. The number of anilines is 1. The first-order chi connectivity index (χ1) is 9.63. The summed E-state index contributed by atoms with van der Waals surface area (Å²) in [6, 6.07) is 13.6. The van der Waals surface area contributed by atoms with Gasteiger partial charge in [0.15, 0.2) is 0 Å². The Morgan fingerprint density at radius 1 is 1.15 bits per heavy atom. The quantitative estimate of drug-likeness (QED) is 0.709. The lowest BCUT2D eigenvalue weighted by atomic mass is 10.0. The molecule has 20 heavy (non-hydrogen) atoms. The average Bonchev–Trinajstić information content (AvgIpc) is 3.26. The molecule has 0 saturated heterocycles. The van der Waals surface area contributed by atoms with Crippen molar-refractivity contribution in [3.05, 3.63) is 63.0 Å². The summed E-state index contributed by atoms with van der Waals surface area (Å²) in [5.74, 6) is 0.493. The van der Waals surface area contributed by atoms with Gasteiger partial charge < -0.3 is 5.32 Å². The molecule has 104 valence electrons. The summed E-state index contributed by atoms with van der Waals surface area (Å²) in [6.45, 7) is 2.11. The fourth-order valence-corrected chi connectivity index (χ4v) is 2.95. The average molecular weight is 381 g/mol. The minimum atomic E-state index is -0.173. The summed E-state index contributed by atoms with van der Waals surface area (Å²) in [5.41, 5.74) is 3.60. The van der Waals surface area contributed by atoms with E-state index < -0.39 is 0 Å². The molecule has 3 rings (SSSR count). The summed E-state index contributed by atoms with van der Waals surface area (Å²) < 4.78 is 14.3. The van der Waals surface area contributed by atoms with E-state index in [0.29, 0.717) is 5.92 Å². The molecule has 0 spiro atoms. The molecule has 3 heteroatoms. The SMILES string of the molecule is Cc1ccc(NC(c2ccc(F)cc2)C2CC2)cc1I. The first-order valence-electron chi connectivity index (χ1n) is 6.91. The van der Waals surface area contributed by atoms with Crippen molar-refractivity contribution in [2.45, 2.75) is 25.8 Å². The Morgan fingerprint density at radius 2 is 1.85 bits per heavy atom. The third-order valence-corrected chi connectivity index (χ3v) is 4.98. The predicted octanol–water partition coefficient (Wildman–Crippen LogP) is 5.30. The number of nitrogens with one attached hydrogen (secondary N) is 1. The highest BCUT2D eigenvalue weighted by molar-refractivity contribution is 14.1. The largest absolute Gasteiger partial charge is 0.378 e. The Balaban J connectivity index is 1.84. The predicted molar refractivity (Wildman–Crippen MR) is 89.4 cm³/mol. The lowest BCUT2D eigenvalue weighted by Crippen LogP contribution is -2.13. The van der Waals surface area contributed by atoms with E-state index in [9.17, 15) is 4.39 Å². The summed E-state index contributed by atoms with van der Waals surface area (Å²) in [5, 5.41) is 3.62. The first-order valence-corrected chi connectivity index (χ1v) is 7.99. The smallest absolute Gasteiger partial charge is 0.123 e. The van der Waals surface area contributed by atoms with Gasteiger partial charge >= 0.3 is 0 Å². The van der Waals surface area contributed by atoms with Gasteiger partial charge in [-0.2, -0.15) is 0 Å². The molecule has 2 aromatic carbocycles. The molecule has 1 aliphatic carbocycles. The number of aryl methyl sites for hydroxylation is 1. The standard InChI is InChI=1S/C17H17FIN/c1-11-2-9-15(10-16(11)19)20-17(12-3-4-12)13-5-7-14(18)8-6-13/h2,5-10,12,17,20H,3-4H2,1H3. The van der Waals surface area contributed by atoms with Crippen LogP contribution in [0.3, 0.4) is 0 Å². The molecule has 0 bridgehead atoms. The molecule has 0 heterocycles. The van der Waals surface area contributed by atoms with Gasteiger partial charge in [-0.15, -0.1) is 0 Å². The van der Waals surface area contributed by atoms with Gasteiger partial charge in [-0.25, -0.2) is 4.39 Å². The van der Waals surface area contributed by atoms with E-state index in [4.69, 9.17) is 0 Å². The van der Waals surface area contributed by atoms with Gasteiger partial charge in [-0.3, -0.25) is 0 Å². The number of hydrogen-bond donors (Lipinski definition) is 1. The molecular formula is C17H17FIN. The third-order valence-electron chi connectivity index (χ3n) is 3.82. The Morgan fingerprint density at radius 3 is 2.45 bits per heavy atom. The van der Waals surface area contributed by atoms with Crippen LogP contribution in [0, 0.1) is 22.2 Å². The van der Waals surface area contributed by atoms with Gasteiger partial charge in [0, 0.05) is 9.26 Å². The molecule has 0 aliphatic heterocycles. The van der Waals surface area contributed by atoms with E-state index in [1.54, 1.807) is 12.1 Å². The van der Waals surface area contributed by atoms with Crippen molar-refractivity contribution >= 4 is 28.3 Å². The van der Waals surface area contributed by atoms with Crippen LogP contribution in [0.15, 0.2) is 42.5 Å². The fourth-order valence-electron chi connectivity index (χ4n) is 2.44. The highest BCUT2D eigenvalue weighted by Crippen LogP contribution is 2.43. The lowest BCUT2D eigenvalue weighted by Gasteiger charge is -2.20. The minimum absolute atomic E-state index is 0.173. The van der Waals surface area contributed by atoms with Gasteiger partial charge in [0.25, 0.3) is 0 Å². The molecule has 0 amide bonds. The van der Waals surface area contributed by atoms with Crippen molar-refractivity contribution in [3.63, 3.8) is 0 Å². The van der Waals surface area contributed by atoms with Crippen LogP contribution in [0.2, 0.25) is 0 Å². The van der Waals surface area contributed by atoms with Gasteiger partial charge in [-0.05, 0) is 83.7 Å². The molecule has 0 aromatic heterocycles. The normalized spacial score (nSPS) is 15.9. The molecule has 1 saturated carbocycles. The number of rotatable bonds is 4. The minimum Gasteiger partial charge on any atom is -0.378 e. The molecule has 1 N–H and O–H groups in total. The van der Waals surface area contributed by atoms with Crippen LogP contribution in [-0.4, -0.2) is 0 Å². The highest BCUT2D eigenvalue weighted by Gasteiger charge is 2.32. The van der Waals surface area contributed by atoms with E-state index in [1.807, 2.05) is 12.1 Å². The van der Waals surface area contributed by atoms with Crippen molar-refractivity contribution in [3.8, 4) is 0 Å². The van der Waals surface area contributed by atoms with Crippen molar-refractivity contribution < 1.29 is 4.39 Å². The molecule has 1 fully saturated rings. The zero-order chi connectivity index (χ0) is 14.1. The van der Waals surface area contributed by atoms with Crippen LogP contribution in [0.4, 0.5) is 10.1 Å². The zero-order valence-electron chi connectivity index (χ0n) is 11.4. The number of hydrogen-bond acceptors (Lipinski definition) is 1. The van der Waals surface area contributed by atoms with Crippen LogP contribution < -0.4 is 5.32 Å². The summed E-state index contributed by atoms with van der Waals surface area (Å²) in [4.78, 5) is 0. The summed E-state index contributed by atoms with van der Waals surface area (Å²) in [6.07, 6.45) is 2.50. The Labute approximate surface area is 132 Å². The molecule has 2 aromatic rings. The van der Waals surface area contributed by atoms with Crippen LogP contribution in [0.25, 0.3) is 0 Å². The van der Waals surface area contributed by atoms with E-state index in [2.05, 4.69) is 53.0 Å². The van der Waals surface area contributed by atoms with Crippen molar-refractivity contribution in [2.24, 2.45) is 5.92 Å². The van der Waals surface area contributed by atoms with Gasteiger partial charge in [0.1, 0.15) is 5.82 Å². The summed E-state index contributed by atoms with van der Waals surface area (Å²) >= 11 is 2.36. The second-order valence-electron chi connectivity index (χ2n) is 5.47. The maximum absolute atomic E-state index is 13.1. The lowest BCUT2D eigenvalue weighted by molar-refractivity contribution is 0.622. The second-order valence-corrected chi connectivity index (χ2v) is 6.64. The maximum atomic E-state index is 13.1. The van der Waals surface area contributed by atoms with Crippen LogP contribution in [0.5, 0.6) is 0 Å². The molecule has 0 radical (unpaired) electrons. The molecule has 1 aliphatic rings. The Hall–Kier alpha value is -1.10. The third kappa shape index (κ3) is 3.14. The van der Waals surface area contributed by atoms with Crippen LogP contribution >= 0.6 is 22.6 Å². The zero-order valence-corrected chi connectivity index (χ0v) is 13.5. The second kappa shape index (κ2) is 5.72. The number of halogens is 2. The monoisotopic (exact) mass is 381 g/mol. The topological polar surface area (TPSA) is 12.0 Å². The Bertz CT molecular complexity index is 605. The van der Waals surface area contributed by atoms with Crippen LogP contribution in [0.1, 0.15) is 30.0 Å². The van der Waals surface area contributed by atoms with E-state index in [1.165, 1.54) is 27.5 Å². The molecule has 1 nitrogen and oxygen atoms in total. The van der Waals surface area contributed by atoms with E-state index >= 15 is 0 Å². The first kappa shape index (κ1) is 13.9. The van der Waals surface area contributed by atoms with E-state index in [-0.39, 0.29) is 11.9 Å². The van der Waals surface area contributed by atoms with Crippen molar-refractivity contribution in [1.82, 2.24) is 0 Å². The molecule has 1 atom stereocenters. The van der Waals surface area contributed by atoms with E-state index in [0.717, 1.165) is 5.69 Å². The van der Waals surface area contributed by atoms with Crippen molar-refractivity contribution in [2.75, 3.05) is 5.32 Å². The highest BCUT2D eigenvalue weighted by atomic mass is 127. The number of benzene rings is 2. The summed E-state index contributed by atoms with van der Waals surface area (Å²) in [7, 11) is 0. The Kier molecular flexibility index (Phi) is 3.96. The van der Waals surface area contributed by atoms with Gasteiger partial charge in [0.05, 0.1) is 6.04 Å². The van der Waals surface area contributed by atoms with Crippen molar-refractivity contribution in [1.29, 1.82) is 0 Å².